The molecule has 0 bridgehead atoms. The highest BCUT2D eigenvalue weighted by atomic mass is 19.1. The fourth-order valence-corrected chi connectivity index (χ4v) is 2.17. The average Bonchev–Trinajstić information content (AvgIpc) is 2.47. The van der Waals surface area contributed by atoms with E-state index in [1.807, 2.05) is 0 Å². The van der Waals surface area contributed by atoms with Gasteiger partial charge in [-0.25, -0.2) is 8.78 Å². The summed E-state index contributed by atoms with van der Waals surface area (Å²) in [5, 5.41) is 0. The molecule has 0 amide bonds. The second kappa shape index (κ2) is 7.87. The summed E-state index contributed by atoms with van der Waals surface area (Å²) < 4.78 is 36.8. The van der Waals surface area contributed by atoms with Crippen molar-refractivity contribution in [2.45, 2.75) is 33.6 Å². The summed E-state index contributed by atoms with van der Waals surface area (Å²) in [7, 11) is 0. The molecule has 0 unspecified atom stereocenters. The zero-order valence-corrected chi connectivity index (χ0v) is 12.9. The van der Waals surface area contributed by atoms with Gasteiger partial charge >= 0.3 is 11.9 Å². The van der Waals surface area contributed by atoms with Gasteiger partial charge in [-0.3, -0.25) is 9.59 Å². The number of carbonyl (C=O) groups excluding carboxylic acids is 2. The summed E-state index contributed by atoms with van der Waals surface area (Å²) in [6, 6.07) is 3.01. The van der Waals surface area contributed by atoms with Crippen LogP contribution in [-0.2, 0) is 25.5 Å². The number of esters is 2. The Hall–Kier alpha value is -1.98. The fraction of sp³-hybridized carbons (Fsp3) is 0.500. The molecule has 0 saturated heterocycles. The third-order valence-corrected chi connectivity index (χ3v) is 3.44. The van der Waals surface area contributed by atoms with E-state index in [1.54, 1.807) is 20.8 Å². The first kappa shape index (κ1) is 18.1. The summed E-state index contributed by atoms with van der Waals surface area (Å²) in [5.41, 5.74) is -1.57. The first-order valence-corrected chi connectivity index (χ1v) is 7.19. The minimum atomic E-state index is -1.63. The van der Waals surface area contributed by atoms with Crippen LogP contribution in [0.3, 0.4) is 0 Å². The monoisotopic (exact) mass is 314 g/mol. The minimum Gasteiger partial charge on any atom is -0.465 e. The summed E-state index contributed by atoms with van der Waals surface area (Å²) in [5.74, 6) is -3.07. The Morgan fingerprint density at radius 2 is 1.59 bits per heavy atom. The first-order chi connectivity index (χ1) is 10.4. The van der Waals surface area contributed by atoms with Crippen molar-refractivity contribution < 1.29 is 27.8 Å². The third kappa shape index (κ3) is 3.81. The molecule has 0 N–H and O–H groups in total. The summed E-state index contributed by atoms with van der Waals surface area (Å²) >= 11 is 0. The van der Waals surface area contributed by atoms with Gasteiger partial charge in [0.1, 0.15) is 11.6 Å². The van der Waals surface area contributed by atoms with E-state index in [0.29, 0.717) is 6.07 Å². The Morgan fingerprint density at radius 1 is 1.05 bits per heavy atom. The molecule has 4 nitrogen and oxygen atoms in total. The van der Waals surface area contributed by atoms with Crippen LogP contribution >= 0.6 is 0 Å². The van der Waals surface area contributed by atoms with Crippen LogP contribution in [0.15, 0.2) is 18.2 Å². The van der Waals surface area contributed by atoms with Crippen LogP contribution in [0, 0.1) is 17.0 Å². The van der Waals surface area contributed by atoms with E-state index in [0.717, 1.165) is 6.07 Å². The number of halogens is 2. The van der Waals surface area contributed by atoms with Gasteiger partial charge in [0.2, 0.25) is 0 Å². The molecule has 0 fully saturated rings. The summed E-state index contributed by atoms with van der Waals surface area (Å²) in [6.07, 6.45) is -0.158. The molecule has 0 spiro atoms. The molecule has 0 saturated carbocycles. The molecule has 0 radical (unpaired) electrons. The van der Waals surface area contributed by atoms with Crippen LogP contribution in [0.5, 0.6) is 0 Å². The second-order valence-electron chi connectivity index (χ2n) is 4.79. The highest BCUT2D eigenvalue weighted by Gasteiger charge is 2.47. The lowest BCUT2D eigenvalue weighted by Gasteiger charge is -2.28. The van der Waals surface area contributed by atoms with Gasteiger partial charge in [-0.2, -0.15) is 0 Å². The SMILES string of the molecule is CCOC(=O)C(CC)(Cc1ccc(F)cc1F)C(=O)OCC. The van der Waals surface area contributed by atoms with Crippen LogP contribution in [0.4, 0.5) is 8.78 Å². The zero-order chi connectivity index (χ0) is 16.8. The largest absolute Gasteiger partial charge is 0.465 e. The van der Waals surface area contributed by atoms with Gasteiger partial charge in [-0.1, -0.05) is 13.0 Å². The molecular weight excluding hydrogens is 294 g/mol. The molecule has 1 rings (SSSR count). The number of carbonyl (C=O) groups is 2. The lowest BCUT2D eigenvalue weighted by Crippen LogP contribution is -2.43. The first-order valence-electron chi connectivity index (χ1n) is 7.19. The normalized spacial score (nSPS) is 11.1. The Kier molecular flexibility index (Phi) is 6.46. The molecule has 0 aliphatic rings. The van der Waals surface area contributed by atoms with E-state index in [4.69, 9.17) is 9.47 Å². The van der Waals surface area contributed by atoms with Gasteiger partial charge < -0.3 is 9.47 Å². The van der Waals surface area contributed by atoms with Gasteiger partial charge in [0, 0.05) is 12.5 Å². The molecule has 122 valence electrons. The van der Waals surface area contributed by atoms with Gasteiger partial charge in [0.25, 0.3) is 0 Å². The van der Waals surface area contributed by atoms with Crippen molar-refractivity contribution in [3.63, 3.8) is 0 Å². The van der Waals surface area contributed by atoms with E-state index in [9.17, 15) is 18.4 Å². The molecule has 0 atom stereocenters. The number of rotatable bonds is 7. The summed E-state index contributed by atoms with van der Waals surface area (Å²) in [4.78, 5) is 24.6. The van der Waals surface area contributed by atoms with Crippen LogP contribution in [0.25, 0.3) is 0 Å². The minimum absolute atomic E-state index is 0.0596. The molecular formula is C16H20F2O4. The zero-order valence-electron chi connectivity index (χ0n) is 12.9. The maximum atomic E-state index is 13.9. The molecule has 1 aromatic carbocycles. The maximum absolute atomic E-state index is 13.9. The van der Waals surface area contributed by atoms with E-state index < -0.39 is 29.0 Å². The maximum Gasteiger partial charge on any atom is 0.323 e. The van der Waals surface area contributed by atoms with Gasteiger partial charge in [0.05, 0.1) is 13.2 Å². The second-order valence-corrected chi connectivity index (χ2v) is 4.79. The third-order valence-electron chi connectivity index (χ3n) is 3.44. The lowest BCUT2D eigenvalue weighted by molar-refractivity contribution is -0.172. The molecule has 0 heterocycles. The van der Waals surface area contributed by atoms with E-state index in [1.165, 1.54) is 6.07 Å². The van der Waals surface area contributed by atoms with Crippen molar-refractivity contribution in [2.24, 2.45) is 5.41 Å². The van der Waals surface area contributed by atoms with Crippen molar-refractivity contribution in [2.75, 3.05) is 13.2 Å². The number of ether oxygens (including phenoxy) is 2. The number of hydrogen-bond acceptors (Lipinski definition) is 4. The quantitative estimate of drug-likeness (QED) is 0.573. The van der Waals surface area contributed by atoms with Crippen molar-refractivity contribution >= 4 is 11.9 Å². The molecule has 0 aliphatic heterocycles. The van der Waals surface area contributed by atoms with Crippen molar-refractivity contribution in [1.29, 1.82) is 0 Å². The van der Waals surface area contributed by atoms with Crippen molar-refractivity contribution in [3.8, 4) is 0 Å². The highest BCUT2D eigenvalue weighted by molar-refractivity contribution is 6.00. The number of benzene rings is 1. The van der Waals surface area contributed by atoms with E-state index in [2.05, 4.69) is 0 Å². The lowest BCUT2D eigenvalue weighted by atomic mass is 9.79. The van der Waals surface area contributed by atoms with Crippen molar-refractivity contribution in [1.82, 2.24) is 0 Å². The Bertz CT molecular complexity index is 525. The molecule has 22 heavy (non-hydrogen) atoms. The average molecular weight is 314 g/mol. The highest BCUT2D eigenvalue weighted by Crippen LogP contribution is 2.32. The number of hydrogen-bond donors (Lipinski definition) is 0. The topological polar surface area (TPSA) is 52.6 Å². The van der Waals surface area contributed by atoms with Gasteiger partial charge in [0.15, 0.2) is 5.41 Å². The molecule has 0 aromatic heterocycles. The van der Waals surface area contributed by atoms with Crippen LogP contribution in [-0.4, -0.2) is 25.2 Å². The van der Waals surface area contributed by atoms with Gasteiger partial charge in [-0.05, 0) is 31.9 Å². The Labute approximate surface area is 128 Å². The van der Waals surface area contributed by atoms with Gasteiger partial charge in [-0.15, -0.1) is 0 Å². The Balaban J connectivity index is 3.23. The molecule has 6 heteroatoms. The van der Waals surface area contributed by atoms with Crippen molar-refractivity contribution in [3.05, 3.63) is 35.4 Å². The van der Waals surface area contributed by atoms with E-state index in [-0.39, 0.29) is 31.6 Å². The standard InChI is InChI=1S/C16H20F2O4/c1-4-16(14(19)21-5-2,15(20)22-6-3)10-11-7-8-12(17)9-13(11)18/h7-9H,4-6,10H2,1-3H3. The molecule has 0 aliphatic carbocycles. The van der Waals surface area contributed by atoms with Crippen LogP contribution < -0.4 is 0 Å². The van der Waals surface area contributed by atoms with Crippen LogP contribution in [0.2, 0.25) is 0 Å². The van der Waals surface area contributed by atoms with Crippen LogP contribution in [0.1, 0.15) is 32.8 Å². The van der Waals surface area contributed by atoms with E-state index >= 15 is 0 Å². The summed E-state index contributed by atoms with van der Waals surface area (Å²) in [6.45, 7) is 5.02. The fourth-order valence-electron chi connectivity index (χ4n) is 2.17. The molecule has 1 aromatic rings. The predicted octanol–water partition coefficient (Wildman–Crippen LogP) is 3.03. The predicted molar refractivity (Wildman–Crippen MR) is 76.1 cm³/mol. The Morgan fingerprint density at radius 3 is 2.00 bits per heavy atom. The smallest absolute Gasteiger partial charge is 0.323 e.